The molecule has 0 fully saturated rings. The molecule has 0 bridgehead atoms. The zero-order valence-corrected chi connectivity index (χ0v) is 15.3. The summed E-state index contributed by atoms with van der Waals surface area (Å²) in [7, 11) is 0. The van der Waals surface area contributed by atoms with Crippen molar-refractivity contribution >= 4 is 49.4 Å². The summed E-state index contributed by atoms with van der Waals surface area (Å²) in [5.74, 6) is -1.28. The smallest absolute Gasteiger partial charge is 0.337 e. The number of carbonyl (C=O) groups is 2. The number of carboxylic acids is 1. The molecule has 1 rings (SSSR count). The van der Waals surface area contributed by atoms with Gasteiger partial charge in [-0.25, -0.2) is 4.79 Å². The summed E-state index contributed by atoms with van der Waals surface area (Å²) in [6, 6.07) is 3.20. The van der Waals surface area contributed by atoms with Gasteiger partial charge in [0.05, 0.1) is 11.3 Å². The number of carbonyl (C=O) groups excluding carboxylic acids is 1. The highest BCUT2D eigenvalue weighted by Crippen LogP contribution is 2.31. The molecule has 1 amide bonds. The van der Waals surface area contributed by atoms with E-state index in [1.54, 1.807) is 6.07 Å². The van der Waals surface area contributed by atoms with Crippen LogP contribution in [-0.4, -0.2) is 17.0 Å². The van der Waals surface area contributed by atoms with E-state index in [2.05, 4.69) is 37.2 Å². The van der Waals surface area contributed by atoms with Crippen molar-refractivity contribution in [1.29, 1.82) is 0 Å². The molecular weight excluding hydrogens is 402 g/mol. The molecule has 4 nitrogen and oxygen atoms in total. The van der Waals surface area contributed by atoms with Gasteiger partial charge in [-0.3, -0.25) is 4.79 Å². The lowest BCUT2D eigenvalue weighted by molar-refractivity contribution is -0.120. The Labute approximate surface area is 141 Å². The van der Waals surface area contributed by atoms with Gasteiger partial charge >= 0.3 is 5.97 Å². The highest BCUT2D eigenvalue weighted by Gasteiger charge is 2.21. The van der Waals surface area contributed by atoms with Crippen LogP contribution < -0.4 is 5.32 Å². The molecule has 1 aromatic carbocycles. The molecule has 0 heterocycles. The van der Waals surface area contributed by atoms with E-state index in [1.165, 1.54) is 6.07 Å². The molecule has 2 N–H and O–H groups in total. The van der Waals surface area contributed by atoms with Crippen molar-refractivity contribution in [2.45, 2.75) is 39.5 Å². The first-order chi connectivity index (χ1) is 9.90. The number of hydrogen-bond donors (Lipinski definition) is 2. The first-order valence-electron chi connectivity index (χ1n) is 6.93. The van der Waals surface area contributed by atoms with Crippen molar-refractivity contribution in [3.63, 3.8) is 0 Å². The van der Waals surface area contributed by atoms with Crippen LogP contribution in [0.2, 0.25) is 0 Å². The van der Waals surface area contributed by atoms with Gasteiger partial charge in [-0.1, -0.05) is 42.6 Å². The van der Waals surface area contributed by atoms with Crippen LogP contribution in [0.15, 0.2) is 21.1 Å². The topological polar surface area (TPSA) is 66.4 Å². The van der Waals surface area contributed by atoms with Crippen molar-refractivity contribution < 1.29 is 14.7 Å². The van der Waals surface area contributed by atoms with Gasteiger partial charge in [0.2, 0.25) is 5.91 Å². The third kappa shape index (κ3) is 5.11. The van der Waals surface area contributed by atoms with E-state index in [-0.39, 0.29) is 17.4 Å². The van der Waals surface area contributed by atoms with E-state index >= 15 is 0 Å². The Hall–Kier alpha value is -0.880. The fourth-order valence-electron chi connectivity index (χ4n) is 2.20. The highest BCUT2D eigenvalue weighted by atomic mass is 79.9. The maximum atomic E-state index is 12.4. The molecule has 0 spiro atoms. The molecule has 6 heteroatoms. The summed E-state index contributed by atoms with van der Waals surface area (Å²) >= 11 is 6.57. The molecule has 0 unspecified atom stereocenters. The third-order valence-electron chi connectivity index (χ3n) is 3.18. The molecular formula is C15H19Br2NO3. The number of hydrogen-bond acceptors (Lipinski definition) is 2. The van der Waals surface area contributed by atoms with Crippen molar-refractivity contribution in [3.8, 4) is 0 Å². The molecule has 1 aromatic rings. The molecule has 0 saturated carbocycles. The Morgan fingerprint density at radius 3 is 2.24 bits per heavy atom. The Bertz CT molecular complexity index is 526. The van der Waals surface area contributed by atoms with Gasteiger partial charge < -0.3 is 10.4 Å². The van der Waals surface area contributed by atoms with Crippen LogP contribution in [0.3, 0.4) is 0 Å². The van der Waals surface area contributed by atoms with Crippen LogP contribution >= 0.6 is 31.9 Å². The van der Waals surface area contributed by atoms with Crippen LogP contribution in [0, 0.1) is 5.92 Å². The van der Waals surface area contributed by atoms with E-state index in [4.69, 9.17) is 0 Å². The van der Waals surface area contributed by atoms with E-state index in [9.17, 15) is 14.7 Å². The second kappa shape index (κ2) is 8.54. The standard InChI is InChI=1S/C15H19Br2NO3/c1-3-5-9(6-4-2)14(19)18-13-11(15(20)21)7-10(16)8-12(13)17/h7-9H,3-6H2,1-2H3,(H,18,19)(H,20,21). The van der Waals surface area contributed by atoms with Gasteiger partial charge in [0.15, 0.2) is 0 Å². The van der Waals surface area contributed by atoms with Gasteiger partial charge in [-0.15, -0.1) is 0 Å². The summed E-state index contributed by atoms with van der Waals surface area (Å²) in [5.41, 5.74) is 0.379. The van der Waals surface area contributed by atoms with Gasteiger partial charge in [0, 0.05) is 14.9 Å². The van der Waals surface area contributed by atoms with Gasteiger partial charge in [-0.05, 0) is 40.9 Å². The number of halogens is 2. The molecule has 21 heavy (non-hydrogen) atoms. The van der Waals surface area contributed by atoms with Crippen LogP contribution in [0.25, 0.3) is 0 Å². The molecule has 0 saturated heterocycles. The van der Waals surface area contributed by atoms with E-state index in [0.29, 0.717) is 14.6 Å². The van der Waals surface area contributed by atoms with Crippen LogP contribution in [0.4, 0.5) is 5.69 Å². The second-order valence-electron chi connectivity index (χ2n) is 4.88. The predicted octanol–water partition coefficient (Wildman–Crippen LogP) is 5.06. The molecule has 0 aliphatic carbocycles. The second-order valence-corrected chi connectivity index (χ2v) is 6.65. The molecule has 0 atom stereocenters. The molecule has 0 aromatic heterocycles. The van der Waals surface area contributed by atoms with E-state index in [1.807, 2.05) is 13.8 Å². The van der Waals surface area contributed by atoms with Gasteiger partial charge in [-0.2, -0.15) is 0 Å². The maximum absolute atomic E-state index is 12.4. The predicted molar refractivity (Wildman–Crippen MR) is 90.7 cm³/mol. The molecule has 0 aliphatic rings. The fourth-order valence-corrected chi connectivity index (χ4v) is 3.52. The highest BCUT2D eigenvalue weighted by molar-refractivity contribution is 9.11. The Balaban J connectivity index is 3.06. The maximum Gasteiger partial charge on any atom is 0.337 e. The Morgan fingerprint density at radius 2 is 1.76 bits per heavy atom. The zero-order chi connectivity index (χ0) is 16.0. The quantitative estimate of drug-likeness (QED) is 0.647. The van der Waals surface area contributed by atoms with Crippen molar-refractivity contribution in [1.82, 2.24) is 0 Å². The monoisotopic (exact) mass is 419 g/mol. The number of rotatable bonds is 7. The molecule has 0 radical (unpaired) electrons. The lowest BCUT2D eigenvalue weighted by atomic mass is 9.97. The number of aromatic carboxylic acids is 1. The minimum Gasteiger partial charge on any atom is -0.478 e. The van der Waals surface area contributed by atoms with Gasteiger partial charge in [0.1, 0.15) is 0 Å². The summed E-state index contributed by atoms with van der Waals surface area (Å²) < 4.78 is 1.19. The first kappa shape index (κ1) is 18.2. The lowest BCUT2D eigenvalue weighted by Crippen LogP contribution is -2.24. The van der Waals surface area contributed by atoms with Crippen LogP contribution in [0.1, 0.15) is 49.9 Å². The number of benzene rings is 1. The number of carboxylic acid groups (broad SMARTS) is 1. The minimum absolute atomic E-state index is 0.0661. The average Bonchev–Trinajstić information content (AvgIpc) is 2.40. The van der Waals surface area contributed by atoms with Crippen LogP contribution in [-0.2, 0) is 4.79 Å². The summed E-state index contributed by atoms with van der Waals surface area (Å²) in [6.45, 7) is 4.07. The zero-order valence-electron chi connectivity index (χ0n) is 12.1. The summed E-state index contributed by atoms with van der Waals surface area (Å²) in [4.78, 5) is 23.7. The first-order valence-corrected chi connectivity index (χ1v) is 8.52. The van der Waals surface area contributed by atoms with Crippen LogP contribution in [0.5, 0.6) is 0 Å². The summed E-state index contributed by atoms with van der Waals surface area (Å²) in [6.07, 6.45) is 3.45. The number of amides is 1. The van der Waals surface area contributed by atoms with E-state index < -0.39 is 5.97 Å². The third-order valence-corrected chi connectivity index (χ3v) is 4.26. The minimum atomic E-state index is -1.07. The lowest BCUT2D eigenvalue weighted by Gasteiger charge is -2.17. The Kier molecular flexibility index (Phi) is 7.39. The molecule has 116 valence electrons. The largest absolute Gasteiger partial charge is 0.478 e. The van der Waals surface area contributed by atoms with Crippen molar-refractivity contribution in [2.24, 2.45) is 5.92 Å². The summed E-state index contributed by atoms with van der Waals surface area (Å²) in [5, 5.41) is 12.0. The number of anilines is 1. The Morgan fingerprint density at radius 1 is 1.19 bits per heavy atom. The average molecular weight is 421 g/mol. The molecule has 0 aliphatic heterocycles. The van der Waals surface area contributed by atoms with Crippen molar-refractivity contribution in [2.75, 3.05) is 5.32 Å². The fraction of sp³-hybridized carbons (Fsp3) is 0.467. The van der Waals surface area contributed by atoms with Crippen molar-refractivity contribution in [3.05, 3.63) is 26.6 Å². The SMILES string of the molecule is CCCC(CCC)C(=O)Nc1c(Br)cc(Br)cc1C(=O)O. The number of nitrogens with one attached hydrogen (secondary N) is 1. The normalized spacial score (nSPS) is 10.7. The van der Waals surface area contributed by atoms with Gasteiger partial charge in [0.25, 0.3) is 0 Å². The van der Waals surface area contributed by atoms with E-state index in [0.717, 1.165) is 25.7 Å².